The molecule has 23 heteroatoms. The summed E-state index contributed by atoms with van der Waals surface area (Å²) in [6.45, 7) is 2.28. The van der Waals surface area contributed by atoms with Gasteiger partial charge in [0.15, 0.2) is 12.6 Å². The van der Waals surface area contributed by atoms with E-state index in [1.165, 1.54) is 250 Å². The molecule has 0 bridgehead atoms. The largest absolute Gasteiger partial charge is 0.477 e. The Kier molecular flexibility index (Phi) is 54.1. The molecule has 3 fully saturated rings. The van der Waals surface area contributed by atoms with Gasteiger partial charge in [0, 0.05) is 19.8 Å². The minimum atomic E-state index is -3.08. The molecule has 0 aromatic rings. The number of unbranched alkanes of at least 4 members (excludes halogenated alkanes) is 46. The van der Waals surface area contributed by atoms with E-state index in [0.29, 0.717) is 19.3 Å². The topological polar surface area (TPSA) is 373 Å². The predicted molar refractivity (Wildman–Crippen MR) is 394 cm³/mol. The van der Waals surface area contributed by atoms with E-state index in [1.807, 2.05) is 0 Å². The van der Waals surface area contributed by atoms with E-state index < -0.39 is 148 Å². The van der Waals surface area contributed by atoms with Crippen molar-refractivity contribution in [2.24, 2.45) is 0 Å². The van der Waals surface area contributed by atoms with E-state index in [2.05, 4.69) is 24.5 Å². The van der Waals surface area contributed by atoms with Gasteiger partial charge in [-0.05, 0) is 12.8 Å². The Morgan fingerprint density at radius 3 is 1.23 bits per heavy atom. The number of carboxylic acid groups (broad SMARTS) is 1. The second-order valence-corrected chi connectivity index (χ2v) is 30.4. The van der Waals surface area contributed by atoms with Gasteiger partial charge in [-0.1, -0.05) is 316 Å². The van der Waals surface area contributed by atoms with Gasteiger partial charge in [0.1, 0.15) is 67.1 Å². The summed E-state index contributed by atoms with van der Waals surface area (Å²) in [5.41, 5.74) is 0. The van der Waals surface area contributed by atoms with E-state index in [4.69, 9.17) is 28.4 Å². The molecule has 23 nitrogen and oxygen atoms in total. The lowest BCUT2D eigenvalue weighted by Crippen LogP contribution is -2.70. The van der Waals surface area contributed by atoms with E-state index in [-0.39, 0.29) is 18.9 Å². The molecule has 2 amide bonds. The van der Waals surface area contributed by atoms with Gasteiger partial charge in [0.2, 0.25) is 11.8 Å². The normalized spacial score (nSPS) is 26.6. The Morgan fingerprint density at radius 1 is 0.471 bits per heavy atom. The molecule has 3 saturated heterocycles. The summed E-state index contributed by atoms with van der Waals surface area (Å²) < 4.78 is 35.0. The molecule has 0 aliphatic carbocycles. The van der Waals surface area contributed by atoms with Crippen molar-refractivity contribution in [2.45, 2.75) is 458 Å². The van der Waals surface area contributed by atoms with Crippen molar-refractivity contribution < 1.29 is 104 Å². The number of rotatable bonds is 66. The smallest absolute Gasteiger partial charge is 0.364 e. The Hall–Kier alpha value is -2.27. The van der Waals surface area contributed by atoms with Crippen molar-refractivity contribution in [3.8, 4) is 0 Å². The molecule has 3 heterocycles. The van der Waals surface area contributed by atoms with Gasteiger partial charge in [0.25, 0.3) is 5.79 Å². The summed E-state index contributed by atoms with van der Waals surface area (Å²) in [6, 6.07) is -2.53. The zero-order valence-corrected chi connectivity index (χ0v) is 63.7. The van der Waals surface area contributed by atoms with Crippen LogP contribution in [0, 0.1) is 0 Å². The quantitative estimate of drug-likeness (QED) is 0.0252. The summed E-state index contributed by atoms with van der Waals surface area (Å²) in [7, 11) is 0. The van der Waals surface area contributed by atoms with Crippen molar-refractivity contribution in [3.05, 3.63) is 0 Å². The Labute approximate surface area is 614 Å². The van der Waals surface area contributed by atoms with Crippen molar-refractivity contribution in [2.75, 3.05) is 26.4 Å². The molecule has 0 saturated carbocycles. The van der Waals surface area contributed by atoms with Crippen LogP contribution in [0.5, 0.6) is 0 Å². The molecule has 0 aromatic carbocycles. The zero-order chi connectivity index (χ0) is 74.6. The van der Waals surface area contributed by atoms with E-state index in [1.54, 1.807) is 0 Å². The number of aliphatic hydroxyl groups is 11. The number of ether oxygens (including phenoxy) is 6. The molecule has 18 unspecified atom stereocenters. The van der Waals surface area contributed by atoms with Crippen molar-refractivity contribution >= 4 is 17.8 Å². The van der Waals surface area contributed by atoms with Crippen LogP contribution in [0.1, 0.15) is 348 Å². The molecule has 3 aliphatic rings. The molecule has 602 valence electrons. The fraction of sp³-hybridized carbons (Fsp3) is 0.962. The zero-order valence-electron chi connectivity index (χ0n) is 63.7. The van der Waals surface area contributed by atoms with Crippen LogP contribution in [0.15, 0.2) is 0 Å². The molecule has 0 aromatic heterocycles. The Morgan fingerprint density at radius 2 is 0.853 bits per heavy atom. The minimum Gasteiger partial charge on any atom is -0.477 e. The summed E-state index contributed by atoms with van der Waals surface area (Å²) in [4.78, 5) is 38.7. The van der Waals surface area contributed by atoms with Gasteiger partial charge in [-0.3, -0.25) is 9.59 Å². The van der Waals surface area contributed by atoms with Crippen LogP contribution in [-0.2, 0) is 42.8 Å². The molecule has 14 N–H and O–H groups in total. The number of aliphatic hydroxyl groups excluding tert-OH is 11. The number of carbonyl (C=O) groups excluding carboxylic acids is 2. The van der Waals surface area contributed by atoms with Crippen LogP contribution in [0.4, 0.5) is 0 Å². The van der Waals surface area contributed by atoms with Gasteiger partial charge >= 0.3 is 5.97 Å². The molecule has 3 aliphatic heterocycles. The number of hydrogen-bond donors (Lipinski definition) is 14. The van der Waals surface area contributed by atoms with Crippen molar-refractivity contribution in [3.63, 3.8) is 0 Å². The first kappa shape index (κ1) is 93.9. The SMILES string of the molecule is CCCCCCCCCCCCCCCCCCCCCCCCCCCCC(=O)NC(COC1OC(CO)C(OC2OC(CO)C(O)C(OC3(C(=O)O)CC(O)C(NC(C)=O)C(C(O)C(O)CO)O3)C2O)C(O)C1O)C(O)CCCCCCCCCCCCCCCCCCCCCCCC. The van der Waals surface area contributed by atoms with Gasteiger partial charge in [-0.2, -0.15) is 0 Å². The van der Waals surface area contributed by atoms with E-state index in [9.17, 15) is 75.7 Å². The average molecular weight is 1460 g/mol. The average Bonchev–Trinajstić information content (AvgIpc) is 0.755. The summed E-state index contributed by atoms with van der Waals surface area (Å²) in [5.74, 6) is -6.09. The lowest BCUT2D eigenvalue weighted by molar-refractivity contribution is -0.386. The Balaban J connectivity index is 1.50. The maximum Gasteiger partial charge on any atom is 0.364 e. The first-order valence-electron chi connectivity index (χ1n) is 41.4. The van der Waals surface area contributed by atoms with E-state index in [0.717, 1.165) is 51.9 Å². The number of amides is 2. The van der Waals surface area contributed by atoms with Crippen molar-refractivity contribution in [1.82, 2.24) is 10.6 Å². The van der Waals surface area contributed by atoms with Crippen LogP contribution in [-0.4, -0.2) is 215 Å². The van der Waals surface area contributed by atoms with Crippen LogP contribution in [0.3, 0.4) is 0 Å². The van der Waals surface area contributed by atoms with Crippen molar-refractivity contribution in [1.29, 1.82) is 0 Å². The monoisotopic (exact) mass is 1460 g/mol. The maximum absolute atomic E-state index is 13.6. The molecule has 18 atom stereocenters. The maximum atomic E-state index is 13.6. The summed E-state index contributed by atoms with van der Waals surface area (Å²) in [6.07, 6.45) is 32.4. The third-order valence-electron chi connectivity index (χ3n) is 21.3. The molecule has 102 heavy (non-hydrogen) atoms. The van der Waals surface area contributed by atoms with Gasteiger partial charge in [0.05, 0.1) is 50.7 Å². The highest BCUT2D eigenvalue weighted by Gasteiger charge is 2.60. The van der Waals surface area contributed by atoms with E-state index >= 15 is 0 Å². The highest BCUT2D eigenvalue weighted by molar-refractivity contribution is 5.77. The second-order valence-electron chi connectivity index (χ2n) is 30.4. The predicted octanol–water partition coefficient (Wildman–Crippen LogP) is 11.2. The van der Waals surface area contributed by atoms with Crippen LogP contribution in [0.25, 0.3) is 0 Å². The first-order chi connectivity index (χ1) is 49.4. The standard InChI is InChI=1S/C79H150N2O21/c1-4-6-8-10-12-14-16-18-20-22-24-26-28-29-30-31-33-35-37-39-41-43-45-47-49-51-53-66(89)81-60(61(86)52-50-48-46-44-42-40-38-36-34-32-27-25-23-21-19-17-15-13-11-9-7-5-2)58-97-76-71(93)70(92)73(65(57-84)99-76)100-77-72(94)75(69(91)64(56-83)98-77)102-79(78(95)96)54-62(87)67(80-59(3)85)74(101-79)68(90)63(88)55-82/h60-65,67-77,82-84,86-88,90-94H,4-58H2,1-3H3,(H,80,85)(H,81,89)(H,95,96). The minimum absolute atomic E-state index is 0.230. The number of hydrogen-bond acceptors (Lipinski definition) is 20. The van der Waals surface area contributed by atoms with Crippen LogP contribution in [0.2, 0.25) is 0 Å². The first-order valence-corrected chi connectivity index (χ1v) is 41.4. The molecule has 0 radical (unpaired) electrons. The second kappa shape index (κ2) is 58.7. The van der Waals surface area contributed by atoms with Gasteiger partial charge in [-0.25, -0.2) is 4.79 Å². The lowest BCUT2D eigenvalue weighted by atomic mass is 9.88. The van der Waals surface area contributed by atoms with Gasteiger partial charge in [-0.15, -0.1) is 0 Å². The third kappa shape index (κ3) is 38.7. The molecule has 3 rings (SSSR count). The summed E-state index contributed by atoms with van der Waals surface area (Å²) >= 11 is 0. The molecular formula is C79H150N2O21. The number of carbonyl (C=O) groups is 3. The molecular weight excluding hydrogens is 1310 g/mol. The number of nitrogens with one attached hydrogen (secondary N) is 2. The van der Waals surface area contributed by atoms with Gasteiger partial charge < -0.3 is 100 Å². The highest BCUT2D eigenvalue weighted by Crippen LogP contribution is 2.39. The number of aliphatic carboxylic acids is 1. The summed E-state index contributed by atoms with van der Waals surface area (Å²) in [5, 5.41) is 137. The van der Waals surface area contributed by atoms with Crippen LogP contribution < -0.4 is 10.6 Å². The Bertz CT molecular complexity index is 2040. The highest BCUT2D eigenvalue weighted by atomic mass is 16.8. The molecule has 0 spiro atoms. The fourth-order valence-corrected chi connectivity index (χ4v) is 14.8. The lowest BCUT2D eigenvalue weighted by Gasteiger charge is -2.50. The third-order valence-corrected chi connectivity index (χ3v) is 21.3. The fourth-order valence-electron chi connectivity index (χ4n) is 14.8. The number of carboxylic acids is 1. The van der Waals surface area contributed by atoms with Crippen LogP contribution >= 0.6 is 0 Å².